The van der Waals surface area contributed by atoms with E-state index in [1.165, 1.54) is 6.92 Å². The number of hydrogen-bond acceptors (Lipinski definition) is 7. The zero-order chi connectivity index (χ0) is 26.4. The number of rotatable bonds is 5. The lowest BCUT2D eigenvalue weighted by Gasteiger charge is -2.20. The Morgan fingerprint density at radius 3 is 2.26 bits per heavy atom. The van der Waals surface area contributed by atoms with E-state index in [0.29, 0.717) is 32.2 Å². The minimum Gasteiger partial charge on any atom is -0.444 e. The van der Waals surface area contributed by atoms with Gasteiger partial charge in [-0.3, -0.25) is 24.0 Å². The van der Waals surface area contributed by atoms with E-state index in [-0.39, 0.29) is 32.0 Å². The van der Waals surface area contributed by atoms with E-state index < -0.39 is 47.4 Å². The van der Waals surface area contributed by atoms with Gasteiger partial charge in [0.2, 0.25) is 29.5 Å². The van der Waals surface area contributed by atoms with Gasteiger partial charge < -0.3 is 36.6 Å². The van der Waals surface area contributed by atoms with Crippen molar-refractivity contribution in [1.82, 2.24) is 31.9 Å². The Balaban J connectivity index is 2.66. The molecule has 1 aliphatic heterocycles. The molecule has 0 aliphatic carbocycles. The normalized spacial score (nSPS) is 21.4. The molecule has 0 bridgehead atoms. The molecule has 1 saturated heterocycles. The molecule has 6 amide bonds. The molecule has 13 heteroatoms. The molecule has 0 unspecified atom stereocenters. The van der Waals surface area contributed by atoms with Crippen molar-refractivity contribution in [3.8, 4) is 0 Å². The van der Waals surface area contributed by atoms with Gasteiger partial charge in [0.25, 0.3) is 0 Å². The second kappa shape index (κ2) is 14.8. The van der Waals surface area contributed by atoms with Gasteiger partial charge in [-0.1, -0.05) is 0 Å². The van der Waals surface area contributed by atoms with Crippen LogP contribution in [0.4, 0.5) is 4.79 Å². The van der Waals surface area contributed by atoms with Crippen LogP contribution in [0.3, 0.4) is 0 Å². The fourth-order valence-corrected chi connectivity index (χ4v) is 3.02. The standard InChI is InChI=1S/C22H38N6O7/c1-14-19(32)26-13-18(31)28-15(8-5-6-10-24-21(34)35-22(2,3)4)20(33)23-11-7-9-16(29)25-12-17(30)27-14/h14-15H,5-13H2,1-4H3,(H,23,33)(H,24,34)(H,25,29)(H,26,32)(H,27,30)(H,28,31)/t14-,15-/m0/s1. The molecule has 35 heavy (non-hydrogen) atoms. The lowest BCUT2D eigenvalue weighted by Crippen LogP contribution is -2.52. The van der Waals surface area contributed by atoms with Gasteiger partial charge in [0.05, 0.1) is 13.1 Å². The molecule has 1 rings (SSSR count). The van der Waals surface area contributed by atoms with Crippen LogP contribution in [-0.4, -0.2) is 79.5 Å². The van der Waals surface area contributed by atoms with Crippen LogP contribution < -0.4 is 31.9 Å². The number of ether oxygens (including phenoxy) is 1. The van der Waals surface area contributed by atoms with Gasteiger partial charge >= 0.3 is 6.09 Å². The molecule has 198 valence electrons. The first-order chi connectivity index (χ1) is 16.4. The number of amides is 6. The van der Waals surface area contributed by atoms with E-state index in [1.807, 2.05) is 0 Å². The van der Waals surface area contributed by atoms with Crippen molar-refractivity contribution in [2.75, 3.05) is 26.2 Å². The maximum Gasteiger partial charge on any atom is 0.407 e. The SMILES string of the molecule is C[C@@H]1NC(=O)CNC(=O)CCCNC(=O)[C@H](CCCCNC(=O)OC(C)(C)C)NC(=O)CNC1=O. The van der Waals surface area contributed by atoms with Crippen molar-refractivity contribution in [3.05, 3.63) is 0 Å². The summed E-state index contributed by atoms with van der Waals surface area (Å²) in [6, 6.07) is -1.78. The van der Waals surface area contributed by atoms with Crippen molar-refractivity contribution in [2.24, 2.45) is 0 Å². The van der Waals surface area contributed by atoms with Gasteiger partial charge in [-0.2, -0.15) is 0 Å². The smallest absolute Gasteiger partial charge is 0.407 e. The van der Waals surface area contributed by atoms with Crippen LogP contribution >= 0.6 is 0 Å². The summed E-state index contributed by atoms with van der Waals surface area (Å²) in [5, 5.41) is 15.2. The summed E-state index contributed by atoms with van der Waals surface area (Å²) in [5.41, 5.74) is -0.602. The quantitative estimate of drug-likeness (QED) is 0.257. The Labute approximate surface area is 205 Å². The fourth-order valence-electron chi connectivity index (χ4n) is 3.02. The molecule has 1 aliphatic rings. The van der Waals surface area contributed by atoms with Crippen LogP contribution in [0.5, 0.6) is 0 Å². The zero-order valence-electron chi connectivity index (χ0n) is 20.9. The minimum atomic E-state index is -0.917. The van der Waals surface area contributed by atoms with E-state index in [4.69, 9.17) is 4.74 Å². The highest BCUT2D eigenvalue weighted by Crippen LogP contribution is 2.07. The number of alkyl carbamates (subject to hydrolysis) is 1. The van der Waals surface area contributed by atoms with E-state index >= 15 is 0 Å². The monoisotopic (exact) mass is 498 g/mol. The summed E-state index contributed by atoms with van der Waals surface area (Å²) in [6.45, 7) is 6.62. The summed E-state index contributed by atoms with van der Waals surface area (Å²) in [7, 11) is 0. The van der Waals surface area contributed by atoms with Crippen LogP contribution in [0.1, 0.15) is 59.8 Å². The fraction of sp³-hybridized carbons (Fsp3) is 0.727. The number of hydrogen-bond donors (Lipinski definition) is 6. The Morgan fingerprint density at radius 1 is 0.914 bits per heavy atom. The first kappa shape index (κ1) is 29.7. The third kappa shape index (κ3) is 13.8. The highest BCUT2D eigenvalue weighted by molar-refractivity contribution is 5.93. The first-order valence-corrected chi connectivity index (χ1v) is 11.7. The van der Waals surface area contributed by atoms with Crippen LogP contribution in [0.2, 0.25) is 0 Å². The lowest BCUT2D eigenvalue weighted by molar-refractivity contribution is -0.131. The first-order valence-electron chi connectivity index (χ1n) is 11.7. The van der Waals surface area contributed by atoms with E-state index in [9.17, 15) is 28.8 Å². The van der Waals surface area contributed by atoms with Gasteiger partial charge in [0.1, 0.15) is 17.7 Å². The van der Waals surface area contributed by atoms with Crippen LogP contribution in [0, 0.1) is 0 Å². The molecule has 0 aromatic carbocycles. The predicted molar refractivity (Wildman–Crippen MR) is 126 cm³/mol. The third-order valence-electron chi connectivity index (χ3n) is 4.76. The lowest BCUT2D eigenvalue weighted by atomic mass is 10.1. The van der Waals surface area contributed by atoms with Gasteiger partial charge in [0, 0.05) is 19.5 Å². The molecule has 2 atom stereocenters. The van der Waals surface area contributed by atoms with Crippen molar-refractivity contribution in [3.63, 3.8) is 0 Å². The molecule has 0 aromatic rings. The van der Waals surface area contributed by atoms with Crippen molar-refractivity contribution < 1.29 is 33.5 Å². The molecule has 0 saturated carbocycles. The second-order valence-corrected chi connectivity index (χ2v) is 9.22. The maximum atomic E-state index is 12.6. The van der Waals surface area contributed by atoms with E-state index in [2.05, 4.69) is 31.9 Å². The Hall–Kier alpha value is -3.38. The number of nitrogens with one attached hydrogen (secondary N) is 6. The average molecular weight is 499 g/mol. The van der Waals surface area contributed by atoms with Crippen molar-refractivity contribution in [2.45, 2.75) is 77.5 Å². The maximum absolute atomic E-state index is 12.6. The average Bonchev–Trinajstić information content (AvgIpc) is 2.75. The summed E-state index contributed by atoms with van der Waals surface area (Å²) in [4.78, 5) is 72.5. The molecule has 13 nitrogen and oxygen atoms in total. The van der Waals surface area contributed by atoms with Gasteiger partial charge in [-0.25, -0.2) is 4.79 Å². The largest absolute Gasteiger partial charge is 0.444 e. The van der Waals surface area contributed by atoms with E-state index in [1.54, 1.807) is 20.8 Å². The third-order valence-corrected chi connectivity index (χ3v) is 4.76. The van der Waals surface area contributed by atoms with Crippen LogP contribution in [-0.2, 0) is 28.7 Å². The molecule has 6 N–H and O–H groups in total. The van der Waals surface area contributed by atoms with Gasteiger partial charge in [-0.15, -0.1) is 0 Å². The Morgan fingerprint density at radius 2 is 1.57 bits per heavy atom. The van der Waals surface area contributed by atoms with Crippen LogP contribution in [0.15, 0.2) is 0 Å². The van der Waals surface area contributed by atoms with Gasteiger partial charge in [0.15, 0.2) is 0 Å². The van der Waals surface area contributed by atoms with E-state index in [0.717, 1.165) is 0 Å². The summed E-state index contributed by atoms with van der Waals surface area (Å²) in [6.07, 6.45) is 1.27. The molecule has 1 heterocycles. The predicted octanol–water partition coefficient (Wildman–Crippen LogP) is -1.19. The molecular weight excluding hydrogens is 460 g/mol. The van der Waals surface area contributed by atoms with Crippen molar-refractivity contribution >= 4 is 35.6 Å². The molecule has 0 aromatic heterocycles. The molecular formula is C22H38N6O7. The summed E-state index contributed by atoms with van der Waals surface area (Å²) >= 11 is 0. The number of carbonyl (C=O) groups excluding carboxylic acids is 6. The Kier molecular flexibility index (Phi) is 12.5. The number of unbranched alkanes of at least 4 members (excludes halogenated alkanes) is 1. The van der Waals surface area contributed by atoms with Crippen molar-refractivity contribution in [1.29, 1.82) is 0 Å². The number of carbonyl (C=O) groups is 6. The second-order valence-electron chi connectivity index (χ2n) is 9.22. The highest BCUT2D eigenvalue weighted by atomic mass is 16.6. The summed E-state index contributed by atoms with van der Waals surface area (Å²) in [5.74, 6) is -2.47. The van der Waals surface area contributed by atoms with Crippen LogP contribution in [0.25, 0.3) is 0 Å². The minimum absolute atomic E-state index is 0.0942. The van der Waals surface area contributed by atoms with Gasteiger partial charge in [-0.05, 0) is 53.4 Å². The summed E-state index contributed by atoms with van der Waals surface area (Å²) < 4.78 is 5.16. The molecule has 1 fully saturated rings. The highest BCUT2D eigenvalue weighted by Gasteiger charge is 2.22. The molecule has 0 radical (unpaired) electrons. The zero-order valence-corrected chi connectivity index (χ0v) is 20.9. The molecule has 0 spiro atoms. The Bertz CT molecular complexity index is 781. The topological polar surface area (TPSA) is 184 Å².